The van der Waals surface area contributed by atoms with Gasteiger partial charge in [-0.25, -0.2) is 0 Å². The van der Waals surface area contributed by atoms with E-state index in [9.17, 15) is 4.79 Å². The molecule has 21 heavy (non-hydrogen) atoms. The van der Waals surface area contributed by atoms with E-state index < -0.39 is 0 Å². The molecule has 1 heterocycles. The second kappa shape index (κ2) is 4.62. The Bertz CT molecular complexity index is 524. The van der Waals surface area contributed by atoms with Crippen LogP contribution in [0, 0.1) is 16.7 Å². The minimum atomic E-state index is -0.0603. The van der Waals surface area contributed by atoms with Gasteiger partial charge in [-0.15, -0.1) is 0 Å². The van der Waals surface area contributed by atoms with Crippen molar-refractivity contribution in [1.82, 2.24) is 10.2 Å². The summed E-state index contributed by atoms with van der Waals surface area (Å²) in [5.74, 6) is 0.794. The van der Waals surface area contributed by atoms with Crippen LogP contribution in [0.3, 0.4) is 0 Å². The third-order valence-electron chi connectivity index (χ3n) is 5.73. The van der Waals surface area contributed by atoms with Crippen molar-refractivity contribution in [1.29, 1.82) is 0 Å². The molecule has 0 bridgehead atoms. The molecule has 0 aromatic carbocycles. The lowest BCUT2D eigenvalue weighted by Crippen LogP contribution is -2.43. The number of amides is 1. The highest BCUT2D eigenvalue weighted by Gasteiger charge is 2.63. The van der Waals surface area contributed by atoms with E-state index in [4.69, 9.17) is 0 Å². The maximum atomic E-state index is 12.6. The quantitative estimate of drug-likeness (QED) is 0.594. The van der Waals surface area contributed by atoms with Gasteiger partial charge >= 0.3 is 0 Å². The Morgan fingerprint density at radius 1 is 1.38 bits per heavy atom. The lowest BCUT2D eigenvalue weighted by atomic mass is 9.60. The summed E-state index contributed by atoms with van der Waals surface area (Å²) in [6, 6.07) is 0.210. The van der Waals surface area contributed by atoms with Gasteiger partial charge < -0.3 is 10.2 Å². The summed E-state index contributed by atoms with van der Waals surface area (Å²) in [6.45, 7) is 6.88. The molecular weight excluding hydrogens is 260 g/mol. The van der Waals surface area contributed by atoms with Crippen LogP contribution in [0.5, 0.6) is 0 Å². The number of rotatable bonds is 1. The number of hydrogen-bond acceptors (Lipinski definition) is 2. The minimum Gasteiger partial charge on any atom is -0.383 e. The molecule has 3 heteroatoms. The Kier molecular flexibility index (Phi) is 3.23. The first-order valence-corrected chi connectivity index (χ1v) is 8.17. The van der Waals surface area contributed by atoms with Gasteiger partial charge in [-0.2, -0.15) is 0 Å². The number of allylic oxidation sites excluding steroid dienone is 1. The van der Waals surface area contributed by atoms with E-state index in [2.05, 4.69) is 38.4 Å². The van der Waals surface area contributed by atoms with Crippen molar-refractivity contribution >= 4 is 5.91 Å². The van der Waals surface area contributed by atoms with Gasteiger partial charge in [0.15, 0.2) is 0 Å². The maximum absolute atomic E-state index is 12.6. The van der Waals surface area contributed by atoms with E-state index in [1.807, 2.05) is 19.0 Å². The van der Waals surface area contributed by atoms with E-state index in [1.54, 1.807) is 0 Å². The Morgan fingerprint density at radius 3 is 2.71 bits per heavy atom. The summed E-state index contributed by atoms with van der Waals surface area (Å²) in [6.07, 6.45) is 9.33. The molecule has 0 aromatic heterocycles. The molecule has 1 amide bonds. The predicted molar refractivity (Wildman–Crippen MR) is 85.6 cm³/mol. The van der Waals surface area contributed by atoms with Gasteiger partial charge in [0.25, 0.3) is 0 Å². The molecule has 3 nitrogen and oxygen atoms in total. The average Bonchev–Trinajstić information content (AvgIpc) is 2.83. The predicted octanol–water partition coefficient (Wildman–Crippen LogP) is 3.09. The summed E-state index contributed by atoms with van der Waals surface area (Å²) < 4.78 is 0. The fourth-order valence-electron chi connectivity index (χ4n) is 4.79. The summed E-state index contributed by atoms with van der Waals surface area (Å²) in [5, 5.41) is 3.32. The highest BCUT2D eigenvalue weighted by molar-refractivity contribution is 5.99. The summed E-state index contributed by atoms with van der Waals surface area (Å²) in [7, 11) is 4.01. The molecule has 0 radical (unpaired) electrons. The van der Waals surface area contributed by atoms with Gasteiger partial charge in [0.1, 0.15) is 0 Å². The second-order valence-electron chi connectivity index (χ2n) is 8.17. The fraction of sp³-hybridized carbons (Fsp3) is 0.722. The first-order chi connectivity index (χ1) is 9.77. The highest BCUT2D eigenvalue weighted by Crippen LogP contribution is 2.63. The summed E-state index contributed by atoms with van der Waals surface area (Å²) >= 11 is 0. The molecule has 0 aromatic rings. The van der Waals surface area contributed by atoms with E-state index in [1.165, 1.54) is 24.8 Å². The summed E-state index contributed by atoms with van der Waals surface area (Å²) in [5.41, 5.74) is 2.50. The van der Waals surface area contributed by atoms with Crippen LogP contribution in [0.4, 0.5) is 0 Å². The monoisotopic (exact) mass is 288 g/mol. The molecule has 116 valence electrons. The zero-order valence-electron chi connectivity index (χ0n) is 14.0. The molecule has 0 spiro atoms. The highest BCUT2D eigenvalue weighted by atomic mass is 16.2. The molecular formula is C18H28N2O. The largest absolute Gasteiger partial charge is 0.383 e. The van der Waals surface area contributed by atoms with Gasteiger partial charge in [0.05, 0.1) is 6.04 Å². The van der Waals surface area contributed by atoms with Crippen molar-refractivity contribution in [2.45, 2.75) is 52.5 Å². The number of carbonyl (C=O) groups excluding carboxylic acids is 1. The molecule has 1 aliphatic heterocycles. The number of fused-ring (bicyclic) bond motifs is 3. The Morgan fingerprint density at radius 2 is 2.10 bits per heavy atom. The fourth-order valence-corrected chi connectivity index (χ4v) is 4.79. The van der Waals surface area contributed by atoms with E-state index >= 15 is 0 Å². The standard InChI is InChI=1S/C18H28N2O/c1-17(2,3)18-10-12-8-6-7-9-13(12)15(18)19-16(21)14(18)11-20(4)5/h9,11-12,15H,6-8,10H2,1-5H3,(H,19,21)/b14-11-/t12-,15-,18+/m0/s1. The van der Waals surface area contributed by atoms with Crippen LogP contribution < -0.4 is 5.32 Å². The molecule has 3 aliphatic rings. The zero-order chi connectivity index (χ0) is 15.4. The smallest absolute Gasteiger partial charge is 0.249 e. The average molecular weight is 288 g/mol. The van der Waals surface area contributed by atoms with Gasteiger partial charge in [-0.1, -0.05) is 26.8 Å². The molecule has 3 atom stereocenters. The first-order valence-electron chi connectivity index (χ1n) is 8.17. The van der Waals surface area contributed by atoms with E-state index in [0.29, 0.717) is 5.92 Å². The Labute approximate surface area is 128 Å². The van der Waals surface area contributed by atoms with Crippen molar-refractivity contribution in [2.75, 3.05) is 14.1 Å². The Balaban J connectivity index is 2.16. The number of hydrogen-bond donors (Lipinski definition) is 1. The third kappa shape index (κ3) is 1.96. The molecule has 2 fully saturated rings. The third-order valence-corrected chi connectivity index (χ3v) is 5.73. The van der Waals surface area contributed by atoms with Crippen LogP contribution in [0.2, 0.25) is 0 Å². The lowest BCUT2D eigenvalue weighted by Gasteiger charge is -2.42. The second-order valence-corrected chi connectivity index (χ2v) is 8.17. The molecule has 3 rings (SSSR count). The molecule has 1 N–H and O–H groups in total. The van der Waals surface area contributed by atoms with Crippen molar-refractivity contribution < 1.29 is 4.79 Å². The van der Waals surface area contributed by atoms with Crippen molar-refractivity contribution in [3.05, 3.63) is 23.4 Å². The van der Waals surface area contributed by atoms with Crippen molar-refractivity contribution in [2.24, 2.45) is 16.7 Å². The van der Waals surface area contributed by atoms with Gasteiger partial charge in [-0.05, 0) is 42.6 Å². The van der Waals surface area contributed by atoms with Crippen LogP contribution in [0.25, 0.3) is 0 Å². The molecule has 0 unspecified atom stereocenters. The molecule has 2 aliphatic carbocycles. The van der Waals surface area contributed by atoms with Crippen molar-refractivity contribution in [3.63, 3.8) is 0 Å². The van der Waals surface area contributed by atoms with Crippen LogP contribution in [-0.4, -0.2) is 30.9 Å². The SMILES string of the molecule is CN(C)/C=C1/C(=O)N[C@H]2C3=CCCC[C@H]3C[C@@]12C(C)(C)C. The van der Waals surface area contributed by atoms with Crippen LogP contribution in [0.15, 0.2) is 23.4 Å². The van der Waals surface area contributed by atoms with E-state index in [0.717, 1.165) is 12.0 Å². The van der Waals surface area contributed by atoms with Crippen LogP contribution in [-0.2, 0) is 4.79 Å². The van der Waals surface area contributed by atoms with Crippen molar-refractivity contribution in [3.8, 4) is 0 Å². The minimum absolute atomic E-state index is 0.0603. The zero-order valence-corrected chi connectivity index (χ0v) is 14.0. The Hall–Kier alpha value is -1.25. The first kappa shape index (κ1) is 14.7. The van der Waals surface area contributed by atoms with Gasteiger partial charge in [-0.3, -0.25) is 4.79 Å². The van der Waals surface area contributed by atoms with Crippen LogP contribution in [0.1, 0.15) is 46.5 Å². The van der Waals surface area contributed by atoms with Gasteiger partial charge in [0.2, 0.25) is 5.91 Å². The number of carbonyl (C=O) groups is 1. The van der Waals surface area contributed by atoms with Gasteiger partial charge in [0, 0.05) is 31.3 Å². The molecule has 1 saturated heterocycles. The maximum Gasteiger partial charge on any atom is 0.249 e. The molecule has 1 saturated carbocycles. The van der Waals surface area contributed by atoms with E-state index in [-0.39, 0.29) is 22.8 Å². The lowest BCUT2D eigenvalue weighted by molar-refractivity contribution is -0.116. The number of nitrogens with zero attached hydrogens (tertiary/aromatic N) is 1. The number of nitrogens with one attached hydrogen (secondary N) is 1. The topological polar surface area (TPSA) is 32.3 Å². The summed E-state index contributed by atoms with van der Waals surface area (Å²) in [4.78, 5) is 14.6. The normalized spacial score (nSPS) is 37.1. The van der Waals surface area contributed by atoms with Crippen LogP contribution >= 0.6 is 0 Å².